The van der Waals surface area contributed by atoms with E-state index in [0.29, 0.717) is 102 Å². The number of hydrogen-bond donors (Lipinski definition) is 0. The van der Waals surface area contributed by atoms with Crippen LogP contribution >= 0.6 is 11.8 Å². The van der Waals surface area contributed by atoms with Crippen molar-refractivity contribution < 1.29 is 53.6 Å². The molecule has 0 saturated carbocycles. The van der Waals surface area contributed by atoms with Gasteiger partial charge in [-0.1, -0.05) is 0 Å². The molecule has 3 atom stereocenters. The highest BCUT2D eigenvalue weighted by atomic mass is 32.2. The fourth-order valence-electron chi connectivity index (χ4n) is 10.8. The number of rotatable bonds is 20. The molecule has 20 nitrogen and oxygen atoms in total. The lowest BCUT2D eigenvalue weighted by Gasteiger charge is -2.52. The van der Waals surface area contributed by atoms with Crippen molar-refractivity contribution in [3.8, 4) is 11.5 Å². The third-order valence-corrected chi connectivity index (χ3v) is 22.4. The zero-order valence-electron chi connectivity index (χ0n) is 45.9. The number of carbonyl (C=O) groups excluding carboxylic acids is 2. The van der Waals surface area contributed by atoms with Gasteiger partial charge in [0.15, 0.2) is 9.84 Å². The molecule has 3 unspecified atom stereocenters. The van der Waals surface area contributed by atoms with Gasteiger partial charge in [0.05, 0.1) is 80.8 Å². The molecule has 6 rings (SSSR count). The number of amides is 2. The highest BCUT2D eigenvalue weighted by molar-refractivity contribution is 8.00. The summed E-state index contributed by atoms with van der Waals surface area (Å²) >= 11 is 1.50. The first-order valence-corrected chi connectivity index (χ1v) is 31.4. The number of thioether (sulfide) groups is 1. The van der Waals surface area contributed by atoms with Crippen LogP contribution in [0.15, 0.2) is 34.1 Å². The van der Waals surface area contributed by atoms with Crippen LogP contribution in [0.4, 0.5) is 0 Å². The Morgan fingerprint density at radius 3 is 1.68 bits per heavy atom. The largest absolute Gasteiger partial charge is 0.633 e. The summed E-state index contributed by atoms with van der Waals surface area (Å²) in [5.41, 5.74) is 2.31. The summed E-state index contributed by atoms with van der Waals surface area (Å²) in [6, 6.07) is 7.04. The van der Waals surface area contributed by atoms with Crippen LogP contribution in [0.3, 0.4) is 0 Å². The van der Waals surface area contributed by atoms with Crippen LogP contribution in [-0.2, 0) is 39.5 Å². The van der Waals surface area contributed by atoms with E-state index in [-0.39, 0.29) is 46.7 Å². The van der Waals surface area contributed by atoms with Crippen LogP contribution in [0.1, 0.15) is 60.8 Å². The number of sulfonamides is 2. The molecule has 0 bridgehead atoms. The van der Waals surface area contributed by atoms with Crippen molar-refractivity contribution in [1.82, 2.24) is 28.2 Å². The van der Waals surface area contributed by atoms with Crippen molar-refractivity contribution >= 4 is 53.5 Å². The number of carbonyl (C=O) groups is 2. The SMILES string of the molecule is COc1cc(C)c(S(=O)(=O)N(C)CCS(=O)(=O)CC(=O)N(C)C2CC[N+]([O-])(C3CC[N+](C)([O-])CC3)C2)c(C)c1.COc1cc(C)c(S(=O)(=O)N(C)CCSCC(=O)N(C)C2CCN(C3CCN(C)CC3)C2)c(C)c1. The van der Waals surface area contributed by atoms with E-state index < -0.39 is 51.9 Å². The highest BCUT2D eigenvalue weighted by Gasteiger charge is 2.43. The molecule has 0 N–H and O–H groups in total. The van der Waals surface area contributed by atoms with Crippen molar-refractivity contribution in [2.75, 3.05) is 145 Å². The lowest BCUT2D eigenvalue weighted by Crippen LogP contribution is -2.57. The van der Waals surface area contributed by atoms with E-state index in [4.69, 9.17) is 9.47 Å². The van der Waals surface area contributed by atoms with Gasteiger partial charge in [-0.15, -0.1) is 0 Å². The van der Waals surface area contributed by atoms with Gasteiger partial charge < -0.3 is 43.9 Å². The van der Waals surface area contributed by atoms with Gasteiger partial charge in [0, 0.05) is 91.5 Å². The molecule has 2 aromatic rings. The number of likely N-dealkylation sites (tertiary alicyclic amines) is 4. The number of quaternary nitrogens is 2. The maximum atomic E-state index is 13.5. The number of aryl methyl sites for hydroxylation is 4. The fourth-order valence-corrected chi connectivity index (χ4v) is 16.4. The number of nitrogens with zero attached hydrogens (tertiary/aromatic N) is 8. The third kappa shape index (κ3) is 15.5. The van der Waals surface area contributed by atoms with Crippen LogP contribution in [0.5, 0.6) is 11.5 Å². The molecule has 4 aliphatic heterocycles. The van der Waals surface area contributed by atoms with Crippen molar-refractivity contribution in [3.05, 3.63) is 56.9 Å². The fraction of sp³-hybridized carbons (Fsp3) is 0.720. The van der Waals surface area contributed by atoms with E-state index in [1.54, 1.807) is 73.2 Å². The van der Waals surface area contributed by atoms with Crippen LogP contribution in [0.25, 0.3) is 0 Å². The predicted octanol–water partition coefficient (Wildman–Crippen LogP) is 3.29. The molecule has 4 saturated heterocycles. The molecule has 0 aromatic heterocycles. The molecule has 0 radical (unpaired) electrons. The lowest BCUT2D eigenvalue weighted by molar-refractivity contribution is -0.924. The van der Waals surface area contributed by atoms with Crippen LogP contribution < -0.4 is 9.47 Å². The summed E-state index contributed by atoms with van der Waals surface area (Å²) in [4.78, 5) is 34.3. The number of benzene rings is 2. The number of methoxy groups -OCH3 is 2. The van der Waals surface area contributed by atoms with E-state index in [9.17, 15) is 45.3 Å². The minimum absolute atomic E-state index is 0.0938. The molecule has 4 heterocycles. The van der Waals surface area contributed by atoms with Gasteiger partial charge in [0.2, 0.25) is 31.9 Å². The number of sulfone groups is 1. The first kappa shape index (κ1) is 61.7. The summed E-state index contributed by atoms with van der Waals surface area (Å²) in [5.74, 6) is 0.337. The quantitative estimate of drug-likeness (QED) is 0.106. The second-order valence-corrected chi connectivity index (χ2v) is 28.5. The summed E-state index contributed by atoms with van der Waals surface area (Å²) in [6.45, 7) is 12.5. The second-order valence-electron chi connectivity index (χ2n) is 21.2. The van der Waals surface area contributed by atoms with Crippen molar-refractivity contribution in [2.24, 2.45) is 0 Å². The molecule has 4 aliphatic rings. The van der Waals surface area contributed by atoms with Crippen LogP contribution in [0, 0.1) is 38.1 Å². The Morgan fingerprint density at radius 2 is 1.18 bits per heavy atom. The maximum absolute atomic E-state index is 13.5. The zero-order chi connectivity index (χ0) is 55.1. The molecule has 4 fully saturated rings. The monoisotopic (exact) mass is 1120 g/mol. The maximum Gasteiger partial charge on any atom is 0.243 e. The smallest absolute Gasteiger partial charge is 0.243 e. The Bertz CT molecular complexity index is 2560. The molecule has 0 aliphatic carbocycles. The molecule has 0 spiro atoms. The first-order chi connectivity index (χ1) is 34.4. The molecule has 2 amide bonds. The number of piperidine rings is 2. The summed E-state index contributed by atoms with van der Waals surface area (Å²) in [7, 11) is 1.67. The van der Waals surface area contributed by atoms with Gasteiger partial charge in [0.1, 0.15) is 17.3 Å². The zero-order valence-corrected chi connectivity index (χ0v) is 49.1. The van der Waals surface area contributed by atoms with Gasteiger partial charge in [-0.3, -0.25) is 14.5 Å². The third-order valence-electron chi connectivity index (χ3n) is 15.7. The summed E-state index contributed by atoms with van der Waals surface area (Å²) in [5, 5.41) is 25.6. The molecule has 420 valence electrons. The van der Waals surface area contributed by atoms with Gasteiger partial charge in [-0.2, -0.15) is 16.1 Å². The van der Waals surface area contributed by atoms with E-state index in [1.165, 1.54) is 55.0 Å². The molecule has 2 aromatic carbocycles. The average Bonchev–Trinajstić information content (AvgIpc) is 3.99. The Balaban J connectivity index is 0.000000276. The van der Waals surface area contributed by atoms with E-state index >= 15 is 0 Å². The van der Waals surface area contributed by atoms with E-state index in [0.717, 1.165) is 36.9 Å². The normalized spacial score (nSPS) is 24.5. The van der Waals surface area contributed by atoms with Gasteiger partial charge in [0.25, 0.3) is 0 Å². The number of hydrogen-bond acceptors (Lipinski definition) is 15. The Kier molecular flexibility index (Phi) is 21.3. The molecule has 24 heteroatoms. The Labute approximate surface area is 446 Å². The van der Waals surface area contributed by atoms with Crippen LogP contribution in [0.2, 0.25) is 0 Å². The Hall–Kier alpha value is -3.14. The molecular weight excluding hydrogens is 1030 g/mol. The second kappa shape index (κ2) is 25.6. The van der Waals surface area contributed by atoms with Gasteiger partial charge in [-0.25, -0.2) is 29.6 Å². The van der Waals surface area contributed by atoms with E-state index in [1.807, 2.05) is 11.9 Å². The Morgan fingerprint density at radius 1 is 0.689 bits per heavy atom. The van der Waals surface area contributed by atoms with Crippen LogP contribution in [-0.4, -0.2) is 244 Å². The average molecular weight is 1120 g/mol. The summed E-state index contributed by atoms with van der Waals surface area (Å²) in [6.07, 6.45) is 4.99. The number of likely N-dealkylation sites (N-methyl/N-ethyl adjacent to an activating group) is 2. The van der Waals surface area contributed by atoms with Crippen molar-refractivity contribution in [1.29, 1.82) is 0 Å². The minimum atomic E-state index is -3.98. The van der Waals surface area contributed by atoms with E-state index in [2.05, 4.69) is 16.8 Å². The summed E-state index contributed by atoms with van der Waals surface area (Å²) < 4.78 is 90.3. The minimum Gasteiger partial charge on any atom is -0.633 e. The molecule has 74 heavy (non-hydrogen) atoms. The van der Waals surface area contributed by atoms with Gasteiger partial charge in [-0.05, 0) is 114 Å². The standard InChI is InChI=1S/C25H42N4O8S2.C25H42N4O4S2/c1-19-15-23(37-6)16-20(2)25(19)39(35,36)26(3)10-14-38(33,34)18-24(30)27(4)21-7-13-29(32,17-21)22-8-11-28(5,31)12-9-22;1-19-15-23(33-6)16-20(2)25(19)35(31,32)27(4)13-14-34-18-24(30)28(5)22-9-12-29(17-22)21-7-10-26(3)11-8-21/h15-16,21-22H,7-14,17-18H2,1-6H3;15-16,21-22H,7-14,17-18H2,1-6H3. The topological polar surface area (TPSA) is 221 Å². The molecular formula is C50H84N8O12S4. The number of hydroxylamine groups is 6. The highest BCUT2D eigenvalue weighted by Crippen LogP contribution is 2.33. The van der Waals surface area contributed by atoms with Crippen molar-refractivity contribution in [3.63, 3.8) is 0 Å². The first-order valence-electron chi connectivity index (χ1n) is 25.5. The van der Waals surface area contributed by atoms with Crippen molar-refractivity contribution in [2.45, 2.75) is 100 Å². The predicted molar refractivity (Wildman–Crippen MR) is 291 cm³/mol. The lowest BCUT2D eigenvalue weighted by atomic mass is 10.0. The van der Waals surface area contributed by atoms with Gasteiger partial charge >= 0.3 is 0 Å². The number of ether oxygens (including phenoxy) is 2.